The van der Waals surface area contributed by atoms with Gasteiger partial charge in [0, 0.05) is 23.9 Å². The lowest BCUT2D eigenvalue weighted by Gasteiger charge is -2.27. The highest BCUT2D eigenvalue weighted by Crippen LogP contribution is 2.48. The van der Waals surface area contributed by atoms with Gasteiger partial charge in [-0.15, -0.1) is 0 Å². The summed E-state index contributed by atoms with van der Waals surface area (Å²) in [7, 11) is 0. The Morgan fingerprint density at radius 1 is 1.31 bits per heavy atom. The summed E-state index contributed by atoms with van der Waals surface area (Å²) < 4.78 is 29.6. The third-order valence-corrected chi connectivity index (χ3v) is 7.29. The Morgan fingerprint density at radius 2 is 2.11 bits per heavy atom. The number of aromatic nitrogens is 4. The summed E-state index contributed by atoms with van der Waals surface area (Å²) in [6.45, 7) is 3.67. The van der Waals surface area contributed by atoms with Crippen LogP contribution in [0, 0.1) is 12.7 Å². The van der Waals surface area contributed by atoms with Crippen molar-refractivity contribution in [1.29, 1.82) is 0 Å². The van der Waals surface area contributed by atoms with E-state index >= 15 is 4.39 Å². The molecule has 1 saturated heterocycles. The van der Waals surface area contributed by atoms with Crippen LogP contribution in [0.5, 0.6) is 0 Å². The van der Waals surface area contributed by atoms with E-state index in [2.05, 4.69) is 25.7 Å². The third kappa shape index (κ3) is 4.72. The Labute approximate surface area is 207 Å². The summed E-state index contributed by atoms with van der Waals surface area (Å²) in [6.07, 6.45) is 3.41. The van der Waals surface area contributed by atoms with E-state index in [-0.39, 0.29) is 30.6 Å². The minimum atomic E-state index is -1.32. The van der Waals surface area contributed by atoms with Gasteiger partial charge in [-0.1, -0.05) is 25.1 Å². The number of carbonyl (C=O) groups excluding carboxylic acids is 2. The average Bonchev–Trinajstić information content (AvgIpc) is 3.20. The van der Waals surface area contributed by atoms with Crippen molar-refractivity contribution in [2.45, 2.75) is 63.2 Å². The fourth-order valence-corrected chi connectivity index (χ4v) is 4.91. The summed E-state index contributed by atoms with van der Waals surface area (Å²) in [5.74, 6) is -1.23. The number of halogens is 2. The molecule has 36 heavy (non-hydrogen) atoms. The molecule has 0 spiro atoms. The van der Waals surface area contributed by atoms with Crippen LogP contribution < -0.4 is 5.32 Å². The number of aromatic amines is 1. The first-order valence-electron chi connectivity index (χ1n) is 12.1. The SMILES string of the molecule is Cc1ncccc1C(NC(=O)C1CC(F)CN1C(=O)Cc1cn[nH]n1)c1ccc(C2(C)CC2)c(F)c1. The lowest BCUT2D eigenvalue weighted by molar-refractivity contribution is -0.138. The predicted molar refractivity (Wildman–Crippen MR) is 127 cm³/mol. The van der Waals surface area contributed by atoms with E-state index in [1.807, 2.05) is 26.0 Å². The first-order chi connectivity index (χ1) is 17.2. The maximum atomic E-state index is 15.2. The average molecular weight is 495 g/mol. The number of H-pyrrole nitrogens is 1. The van der Waals surface area contributed by atoms with Gasteiger partial charge in [-0.3, -0.25) is 14.6 Å². The van der Waals surface area contributed by atoms with Crippen LogP contribution >= 0.6 is 0 Å². The van der Waals surface area contributed by atoms with Gasteiger partial charge >= 0.3 is 0 Å². The van der Waals surface area contributed by atoms with E-state index in [1.165, 1.54) is 17.2 Å². The second-order valence-corrected chi connectivity index (χ2v) is 9.95. The lowest BCUT2D eigenvalue weighted by Crippen LogP contribution is -2.47. The summed E-state index contributed by atoms with van der Waals surface area (Å²) in [4.78, 5) is 31.9. The molecule has 2 N–H and O–H groups in total. The zero-order chi connectivity index (χ0) is 25.4. The summed E-state index contributed by atoms with van der Waals surface area (Å²) >= 11 is 0. The molecule has 0 radical (unpaired) electrons. The van der Waals surface area contributed by atoms with Gasteiger partial charge in [0.05, 0.1) is 30.9 Å². The molecular weight excluding hydrogens is 466 g/mol. The van der Waals surface area contributed by atoms with E-state index in [4.69, 9.17) is 0 Å². The largest absolute Gasteiger partial charge is 0.343 e. The van der Waals surface area contributed by atoms with Gasteiger partial charge in [0.25, 0.3) is 0 Å². The number of likely N-dealkylation sites (tertiary alicyclic amines) is 1. The van der Waals surface area contributed by atoms with Crippen molar-refractivity contribution in [3.05, 3.63) is 76.6 Å². The van der Waals surface area contributed by atoms with Crippen LogP contribution in [0.15, 0.2) is 42.7 Å². The molecule has 0 bridgehead atoms. The van der Waals surface area contributed by atoms with Crippen LogP contribution in [0.3, 0.4) is 0 Å². The van der Waals surface area contributed by atoms with E-state index in [1.54, 1.807) is 18.3 Å². The first kappa shape index (κ1) is 24.0. The number of nitrogens with zero attached hydrogens (tertiary/aromatic N) is 4. The van der Waals surface area contributed by atoms with Gasteiger partial charge in [-0.05, 0) is 48.4 Å². The highest BCUT2D eigenvalue weighted by Gasteiger charge is 2.42. The number of hydrogen-bond acceptors (Lipinski definition) is 5. The molecule has 3 heterocycles. The number of nitrogens with one attached hydrogen (secondary N) is 2. The molecule has 2 aliphatic rings. The van der Waals surface area contributed by atoms with Gasteiger partial charge in [0.1, 0.15) is 18.0 Å². The van der Waals surface area contributed by atoms with Crippen LogP contribution in [0.25, 0.3) is 0 Å². The number of benzene rings is 1. The molecule has 2 amide bonds. The molecule has 3 atom stereocenters. The number of aryl methyl sites for hydroxylation is 1. The van der Waals surface area contributed by atoms with Crippen LogP contribution in [0.2, 0.25) is 0 Å². The summed E-state index contributed by atoms with van der Waals surface area (Å²) in [5, 5.41) is 12.9. The fourth-order valence-electron chi connectivity index (χ4n) is 4.91. The molecule has 1 aromatic carbocycles. The number of pyridine rings is 1. The molecule has 188 valence electrons. The molecule has 1 saturated carbocycles. The normalized spacial score (nSPS) is 21.3. The van der Waals surface area contributed by atoms with Crippen LogP contribution in [-0.4, -0.2) is 55.9 Å². The lowest BCUT2D eigenvalue weighted by atomic mass is 9.92. The third-order valence-electron chi connectivity index (χ3n) is 7.29. The summed E-state index contributed by atoms with van der Waals surface area (Å²) in [6, 6.07) is 6.92. The second kappa shape index (κ2) is 9.40. The molecule has 2 aromatic heterocycles. The van der Waals surface area contributed by atoms with Crippen molar-refractivity contribution in [2.24, 2.45) is 0 Å². The topological polar surface area (TPSA) is 104 Å². The van der Waals surface area contributed by atoms with Crippen molar-refractivity contribution >= 4 is 11.8 Å². The minimum absolute atomic E-state index is 0.0937. The monoisotopic (exact) mass is 494 g/mol. The zero-order valence-corrected chi connectivity index (χ0v) is 20.2. The molecule has 10 heteroatoms. The quantitative estimate of drug-likeness (QED) is 0.525. The number of carbonyl (C=O) groups is 2. The van der Waals surface area contributed by atoms with Crippen LogP contribution in [-0.2, 0) is 21.4 Å². The van der Waals surface area contributed by atoms with Gasteiger partial charge in [0.15, 0.2) is 0 Å². The molecule has 8 nitrogen and oxygen atoms in total. The molecule has 3 unspecified atom stereocenters. The molecule has 2 fully saturated rings. The van der Waals surface area contributed by atoms with Crippen molar-refractivity contribution < 1.29 is 18.4 Å². The smallest absolute Gasteiger partial charge is 0.243 e. The Balaban J connectivity index is 1.42. The van der Waals surface area contributed by atoms with Gasteiger partial charge in [-0.2, -0.15) is 15.4 Å². The van der Waals surface area contributed by atoms with Crippen molar-refractivity contribution in [1.82, 2.24) is 30.6 Å². The first-order valence-corrected chi connectivity index (χ1v) is 12.1. The van der Waals surface area contributed by atoms with Gasteiger partial charge < -0.3 is 10.2 Å². The predicted octanol–water partition coefficient (Wildman–Crippen LogP) is 3.09. The van der Waals surface area contributed by atoms with Crippen LogP contribution in [0.4, 0.5) is 8.78 Å². The Kier molecular flexibility index (Phi) is 6.27. The van der Waals surface area contributed by atoms with Crippen LogP contribution in [0.1, 0.15) is 60.3 Å². The fraction of sp³-hybridized carbons (Fsp3) is 0.423. The van der Waals surface area contributed by atoms with Gasteiger partial charge in [-0.25, -0.2) is 8.78 Å². The standard InChI is InChI=1S/C26H28F2N6O2/c1-15-19(4-3-9-29-15)24(16-5-6-20(21(28)10-16)26(2)7-8-26)31-25(36)22-11-17(27)14-34(22)23(35)12-18-13-30-33-32-18/h3-6,9-10,13,17,22,24H,7-8,11-12,14H2,1-2H3,(H,31,36)(H,30,32,33). The van der Waals surface area contributed by atoms with E-state index in [0.29, 0.717) is 28.1 Å². The highest BCUT2D eigenvalue weighted by atomic mass is 19.1. The molecule has 5 rings (SSSR count). The van der Waals surface area contributed by atoms with E-state index in [0.717, 1.165) is 12.8 Å². The van der Waals surface area contributed by atoms with Crippen molar-refractivity contribution in [3.8, 4) is 0 Å². The number of amides is 2. The maximum Gasteiger partial charge on any atom is 0.243 e. The van der Waals surface area contributed by atoms with E-state index < -0.39 is 30.1 Å². The summed E-state index contributed by atoms with van der Waals surface area (Å²) in [5.41, 5.74) is 2.86. The minimum Gasteiger partial charge on any atom is -0.343 e. The van der Waals surface area contributed by atoms with Crippen molar-refractivity contribution in [2.75, 3.05) is 6.54 Å². The molecule has 1 aliphatic carbocycles. The Bertz CT molecular complexity index is 1280. The molecular formula is C26H28F2N6O2. The number of hydrogen-bond donors (Lipinski definition) is 2. The highest BCUT2D eigenvalue weighted by molar-refractivity contribution is 5.89. The van der Waals surface area contributed by atoms with Crippen molar-refractivity contribution in [3.63, 3.8) is 0 Å². The maximum absolute atomic E-state index is 15.2. The zero-order valence-electron chi connectivity index (χ0n) is 20.2. The number of alkyl halides is 1. The molecule has 3 aromatic rings. The number of rotatable bonds is 7. The molecule has 1 aliphatic heterocycles. The van der Waals surface area contributed by atoms with E-state index in [9.17, 15) is 14.0 Å². The van der Waals surface area contributed by atoms with Gasteiger partial charge in [0.2, 0.25) is 11.8 Å². The second-order valence-electron chi connectivity index (χ2n) is 9.95. The Morgan fingerprint density at radius 3 is 2.78 bits per heavy atom. The Hall–Kier alpha value is -3.69.